The number of H-pyrrole nitrogens is 2. The maximum absolute atomic E-state index is 10.8. The molecular formula is C10H13N3O2. The second-order valence-corrected chi connectivity index (χ2v) is 4.60. The first-order valence-electron chi connectivity index (χ1n) is 4.70. The zero-order valence-electron chi connectivity index (χ0n) is 8.88. The van der Waals surface area contributed by atoms with Crippen LogP contribution in [0, 0.1) is 0 Å². The van der Waals surface area contributed by atoms with Gasteiger partial charge in [0, 0.05) is 5.41 Å². The van der Waals surface area contributed by atoms with Gasteiger partial charge in [0.05, 0.1) is 11.2 Å². The zero-order chi connectivity index (χ0) is 11.2. The summed E-state index contributed by atoms with van der Waals surface area (Å²) in [6.07, 6.45) is 0. The molecule has 0 saturated carbocycles. The van der Waals surface area contributed by atoms with Crippen molar-refractivity contribution in [1.29, 1.82) is 0 Å². The minimum Gasteiger partial charge on any atom is -0.477 e. The molecule has 0 aliphatic carbocycles. The molecule has 3 N–H and O–H groups in total. The van der Waals surface area contributed by atoms with Gasteiger partial charge >= 0.3 is 5.97 Å². The van der Waals surface area contributed by atoms with Gasteiger partial charge in [0.15, 0.2) is 0 Å². The quantitative estimate of drug-likeness (QED) is 0.667. The Bertz CT molecular complexity index is 516. The molecule has 2 rings (SSSR count). The number of aromatic amines is 2. The van der Waals surface area contributed by atoms with Gasteiger partial charge in [0.1, 0.15) is 11.2 Å². The minimum absolute atomic E-state index is 0.0879. The average Bonchev–Trinajstić information content (AvgIpc) is 2.56. The summed E-state index contributed by atoms with van der Waals surface area (Å²) in [6.45, 7) is 6.13. The molecule has 15 heavy (non-hydrogen) atoms. The van der Waals surface area contributed by atoms with Crippen LogP contribution in [0.25, 0.3) is 11.0 Å². The van der Waals surface area contributed by atoms with Crippen molar-refractivity contribution in [3.63, 3.8) is 0 Å². The summed E-state index contributed by atoms with van der Waals surface area (Å²) in [4.78, 5) is 13.6. The molecule has 0 unspecified atom stereocenters. The average molecular weight is 207 g/mol. The Morgan fingerprint density at radius 3 is 2.67 bits per heavy atom. The number of nitrogens with one attached hydrogen (secondary N) is 2. The number of nitrogens with zero attached hydrogens (tertiary/aromatic N) is 1. The van der Waals surface area contributed by atoms with Crippen molar-refractivity contribution >= 4 is 17.0 Å². The fourth-order valence-corrected chi connectivity index (χ4v) is 1.55. The van der Waals surface area contributed by atoms with E-state index in [-0.39, 0.29) is 11.1 Å². The number of aromatic nitrogens is 3. The first-order valence-corrected chi connectivity index (χ1v) is 4.70. The van der Waals surface area contributed by atoms with Gasteiger partial charge in [-0.3, -0.25) is 5.10 Å². The number of hydrogen-bond donors (Lipinski definition) is 3. The Morgan fingerprint density at radius 2 is 2.13 bits per heavy atom. The Balaban J connectivity index is 2.64. The van der Waals surface area contributed by atoms with Gasteiger partial charge in [0.25, 0.3) is 0 Å². The van der Waals surface area contributed by atoms with Gasteiger partial charge in [-0.1, -0.05) is 20.8 Å². The molecule has 0 amide bonds. The summed E-state index contributed by atoms with van der Waals surface area (Å²) in [5.74, 6) is -0.965. The van der Waals surface area contributed by atoms with E-state index in [1.807, 2.05) is 20.8 Å². The van der Waals surface area contributed by atoms with Crippen LogP contribution in [0.3, 0.4) is 0 Å². The summed E-state index contributed by atoms with van der Waals surface area (Å²) in [7, 11) is 0. The van der Waals surface area contributed by atoms with Crippen LogP contribution in [-0.2, 0) is 5.41 Å². The lowest BCUT2D eigenvalue weighted by atomic mass is 9.92. The van der Waals surface area contributed by atoms with Gasteiger partial charge in [-0.05, 0) is 6.07 Å². The lowest BCUT2D eigenvalue weighted by Crippen LogP contribution is -2.12. The normalized spacial score (nSPS) is 12.2. The lowest BCUT2D eigenvalue weighted by Gasteiger charge is -2.15. The van der Waals surface area contributed by atoms with Crippen LogP contribution < -0.4 is 0 Å². The number of carboxylic acids is 1. The molecular weight excluding hydrogens is 194 g/mol. The molecule has 80 valence electrons. The summed E-state index contributed by atoms with van der Waals surface area (Å²) >= 11 is 0. The van der Waals surface area contributed by atoms with E-state index in [1.54, 1.807) is 0 Å². The lowest BCUT2D eigenvalue weighted by molar-refractivity contribution is 0.0691. The summed E-state index contributed by atoms with van der Waals surface area (Å²) in [5, 5.41) is 15.8. The van der Waals surface area contributed by atoms with Gasteiger partial charge < -0.3 is 10.1 Å². The van der Waals surface area contributed by atoms with Crippen LogP contribution in [-0.4, -0.2) is 26.3 Å². The molecule has 2 aromatic rings. The molecule has 0 bridgehead atoms. The van der Waals surface area contributed by atoms with Gasteiger partial charge in [-0.25, -0.2) is 4.79 Å². The molecule has 5 nitrogen and oxygen atoms in total. The SMILES string of the molecule is CC(C)(C)c1[nH]nc2cc(C(=O)O)[nH]c12. The molecule has 0 aliphatic heterocycles. The number of carboxylic acid groups (broad SMARTS) is 1. The minimum atomic E-state index is -0.965. The molecule has 0 aromatic carbocycles. The largest absolute Gasteiger partial charge is 0.477 e. The van der Waals surface area contributed by atoms with E-state index in [1.165, 1.54) is 6.07 Å². The highest BCUT2D eigenvalue weighted by atomic mass is 16.4. The topological polar surface area (TPSA) is 81.8 Å². The van der Waals surface area contributed by atoms with Crippen molar-refractivity contribution in [2.75, 3.05) is 0 Å². The van der Waals surface area contributed by atoms with E-state index in [4.69, 9.17) is 5.11 Å². The fraction of sp³-hybridized carbons (Fsp3) is 0.400. The fourth-order valence-electron chi connectivity index (χ4n) is 1.55. The standard InChI is InChI=1S/C10H13N3O2/c1-10(2,3)8-7-5(12-13-8)4-6(11-7)9(14)15/h4,11H,1-3H3,(H,12,13)(H,14,15). The Kier molecular flexibility index (Phi) is 1.86. The van der Waals surface area contributed by atoms with E-state index >= 15 is 0 Å². The third-order valence-electron chi connectivity index (χ3n) is 2.32. The van der Waals surface area contributed by atoms with Crippen LogP contribution in [0.2, 0.25) is 0 Å². The van der Waals surface area contributed by atoms with Crippen LogP contribution >= 0.6 is 0 Å². The number of rotatable bonds is 1. The number of carbonyl (C=O) groups is 1. The number of hydrogen-bond acceptors (Lipinski definition) is 2. The summed E-state index contributed by atoms with van der Waals surface area (Å²) < 4.78 is 0. The third kappa shape index (κ3) is 1.49. The van der Waals surface area contributed by atoms with Crippen molar-refractivity contribution in [2.45, 2.75) is 26.2 Å². The van der Waals surface area contributed by atoms with Gasteiger partial charge in [0.2, 0.25) is 0 Å². The second-order valence-electron chi connectivity index (χ2n) is 4.60. The van der Waals surface area contributed by atoms with E-state index in [9.17, 15) is 4.79 Å². The van der Waals surface area contributed by atoms with Crippen molar-refractivity contribution < 1.29 is 9.90 Å². The first kappa shape index (κ1) is 9.76. The molecule has 0 atom stereocenters. The maximum atomic E-state index is 10.8. The highest BCUT2D eigenvalue weighted by Crippen LogP contribution is 2.27. The maximum Gasteiger partial charge on any atom is 0.352 e. The third-order valence-corrected chi connectivity index (χ3v) is 2.32. The Morgan fingerprint density at radius 1 is 1.47 bits per heavy atom. The smallest absolute Gasteiger partial charge is 0.352 e. The van der Waals surface area contributed by atoms with Gasteiger partial charge in [-0.2, -0.15) is 5.10 Å². The van der Waals surface area contributed by atoms with Crippen molar-refractivity contribution in [2.24, 2.45) is 0 Å². The van der Waals surface area contributed by atoms with E-state index in [0.717, 1.165) is 11.2 Å². The molecule has 0 fully saturated rings. The highest BCUT2D eigenvalue weighted by Gasteiger charge is 2.22. The van der Waals surface area contributed by atoms with Crippen LogP contribution in [0.1, 0.15) is 37.0 Å². The van der Waals surface area contributed by atoms with Crippen LogP contribution in [0.5, 0.6) is 0 Å². The highest BCUT2D eigenvalue weighted by molar-refractivity contribution is 5.93. The summed E-state index contributed by atoms with van der Waals surface area (Å²) in [5.41, 5.74) is 2.45. The van der Waals surface area contributed by atoms with E-state index in [0.29, 0.717) is 5.52 Å². The van der Waals surface area contributed by atoms with Crippen LogP contribution in [0.15, 0.2) is 6.07 Å². The number of fused-ring (bicyclic) bond motifs is 1. The molecule has 2 aromatic heterocycles. The Hall–Kier alpha value is -1.78. The second kappa shape index (κ2) is 2.85. The monoisotopic (exact) mass is 207 g/mol. The molecule has 0 saturated heterocycles. The zero-order valence-corrected chi connectivity index (χ0v) is 8.88. The predicted octanol–water partition coefficient (Wildman–Crippen LogP) is 1.89. The van der Waals surface area contributed by atoms with Crippen molar-refractivity contribution in [3.8, 4) is 0 Å². The molecule has 5 heteroatoms. The summed E-state index contributed by atoms with van der Waals surface area (Å²) in [6, 6.07) is 1.53. The molecule has 0 spiro atoms. The van der Waals surface area contributed by atoms with Gasteiger partial charge in [-0.15, -0.1) is 0 Å². The number of aromatic carboxylic acids is 1. The molecule has 0 radical (unpaired) electrons. The van der Waals surface area contributed by atoms with E-state index in [2.05, 4.69) is 15.2 Å². The van der Waals surface area contributed by atoms with Crippen molar-refractivity contribution in [3.05, 3.63) is 17.5 Å². The van der Waals surface area contributed by atoms with Crippen molar-refractivity contribution in [1.82, 2.24) is 15.2 Å². The van der Waals surface area contributed by atoms with E-state index < -0.39 is 5.97 Å². The predicted molar refractivity (Wildman–Crippen MR) is 56.1 cm³/mol. The van der Waals surface area contributed by atoms with Crippen LogP contribution in [0.4, 0.5) is 0 Å². The molecule has 0 aliphatic rings. The molecule has 2 heterocycles. The first-order chi connectivity index (χ1) is 6.89. The Labute approximate surface area is 86.5 Å².